The lowest BCUT2D eigenvalue weighted by molar-refractivity contribution is -0.0321. The number of aryl methyl sites for hydroxylation is 2. The Morgan fingerprint density at radius 1 is 1.08 bits per heavy atom. The number of aromatic amines is 1. The third kappa shape index (κ3) is 5.36. The third-order valence-corrected chi connectivity index (χ3v) is 8.21. The number of fused-ring (bicyclic) bond motifs is 1. The third-order valence-electron chi connectivity index (χ3n) is 6.94. The second-order valence-corrected chi connectivity index (χ2v) is 11.9. The van der Waals surface area contributed by atoms with E-state index in [4.69, 9.17) is 18.5 Å². The Morgan fingerprint density at radius 3 is 2.53 bits per heavy atom. The molecule has 0 amide bonds. The SMILES string of the molecule is CC[C@H]1O[C@@H](n2cnc(C)nc2=O)C[C@H]1OP(C)(=O)OC[C@H]1O[C@@H](n2cnc3c(=O)[nH]c(C)nc32)C[C@H]1C. The minimum Gasteiger partial charge on any atom is -0.352 e. The zero-order valence-electron chi connectivity index (χ0n) is 21.9. The maximum atomic E-state index is 13.3. The zero-order chi connectivity index (χ0) is 27.2. The second-order valence-electron chi connectivity index (χ2n) is 9.90. The van der Waals surface area contributed by atoms with E-state index in [0.29, 0.717) is 36.6 Å². The first-order chi connectivity index (χ1) is 18.0. The Hall–Kier alpha value is -2.77. The van der Waals surface area contributed by atoms with E-state index >= 15 is 0 Å². The maximum Gasteiger partial charge on any atom is 0.352 e. The Bertz CT molecular complexity index is 1490. The number of hydrogen-bond acceptors (Lipinski definition) is 11. The van der Waals surface area contributed by atoms with Gasteiger partial charge in [-0.3, -0.25) is 18.5 Å². The molecule has 0 spiro atoms. The van der Waals surface area contributed by atoms with E-state index < -0.39 is 31.8 Å². The van der Waals surface area contributed by atoms with Crippen molar-refractivity contribution in [3.63, 3.8) is 0 Å². The van der Waals surface area contributed by atoms with Crippen molar-refractivity contribution in [3.8, 4) is 0 Å². The second kappa shape index (κ2) is 10.4. The van der Waals surface area contributed by atoms with Crippen LogP contribution in [0.5, 0.6) is 0 Å². The summed E-state index contributed by atoms with van der Waals surface area (Å²) < 4.78 is 40.3. The molecule has 3 aromatic rings. The first-order valence-corrected chi connectivity index (χ1v) is 14.6. The average Bonchev–Trinajstić information content (AvgIpc) is 3.54. The highest BCUT2D eigenvalue weighted by Crippen LogP contribution is 2.50. The van der Waals surface area contributed by atoms with Gasteiger partial charge in [-0.05, 0) is 32.6 Å². The van der Waals surface area contributed by atoms with Crippen molar-refractivity contribution in [2.24, 2.45) is 5.92 Å². The minimum atomic E-state index is -3.50. The van der Waals surface area contributed by atoms with Gasteiger partial charge < -0.3 is 23.5 Å². The number of aromatic nitrogens is 7. The van der Waals surface area contributed by atoms with Gasteiger partial charge in [-0.15, -0.1) is 0 Å². The van der Waals surface area contributed by atoms with Crippen LogP contribution >= 0.6 is 7.60 Å². The number of rotatable bonds is 8. The number of nitrogens with one attached hydrogen (secondary N) is 1. The minimum absolute atomic E-state index is 0.0597. The number of nitrogens with zero attached hydrogens (tertiary/aromatic N) is 6. The predicted octanol–water partition coefficient (Wildman–Crippen LogP) is 2.23. The standard InChI is InChI=1S/C23H32N7O7P/c1-6-15-16(8-19(35-15)30-10-24-13(3)28-23(30)32)37-38(5,33)34-9-17-12(2)7-18(36-17)29-11-25-20-21(29)26-14(4)27-22(20)31/h10-12,15-19H,6-9H2,1-5H3,(H,26,27,31)/t12-,15-,16-,17-,18-,19-,38?/m1/s1. The molecule has 5 heterocycles. The molecule has 206 valence electrons. The fourth-order valence-corrected chi connectivity index (χ4v) is 6.13. The molecular weight excluding hydrogens is 517 g/mol. The van der Waals surface area contributed by atoms with Crippen molar-refractivity contribution >= 4 is 18.8 Å². The first-order valence-electron chi connectivity index (χ1n) is 12.6. The van der Waals surface area contributed by atoms with Crippen molar-refractivity contribution in [1.82, 2.24) is 34.1 Å². The van der Waals surface area contributed by atoms with Gasteiger partial charge in [0.05, 0.1) is 31.2 Å². The van der Waals surface area contributed by atoms with Crippen LogP contribution in [0.2, 0.25) is 0 Å². The van der Waals surface area contributed by atoms with Gasteiger partial charge in [0.25, 0.3) is 5.56 Å². The summed E-state index contributed by atoms with van der Waals surface area (Å²) in [6, 6.07) is 0. The van der Waals surface area contributed by atoms with Crippen LogP contribution in [-0.4, -0.2) is 65.6 Å². The monoisotopic (exact) mass is 549 g/mol. The van der Waals surface area contributed by atoms with E-state index in [-0.39, 0.29) is 35.8 Å². The summed E-state index contributed by atoms with van der Waals surface area (Å²) in [7, 11) is -3.50. The highest BCUT2D eigenvalue weighted by atomic mass is 31.2. The highest BCUT2D eigenvalue weighted by molar-refractivity contribution is 7.53. The summed E-state index contributed by atoms with van der Waals surface area (Å²) in [5.41, 5.74) is -0.0601. The van der Waals surface area contributed by atoms with Crippen LogP contribution in [0.15, 0.2) is 22.2 Å². The van der Waals surface area contributed by atoms with E-state index in [9.17, 15) is 14.2 Å². The molecule has 5 rings (SSSR count). The fourth-order valence-electron chi connectivity index (χ4n) is 4.94. The highest BCUT2D eigenvalue weighted by Gasteiger charge is 2.41. The van der Waals surface area contributed by atoms with E-state index in [1.54, 1.807) is 24.7 Å². The van der Waals surface area contributed by atoms with Crippen LogP contribution < -0.4 is 11.2 Å². The van der Waals surface area contributed by atoms with Gasteiger partial charge in [0.1, 0.15) is 30.4 Å². The van der Waals surface area contributed by atoms with E-state index in [2.05, 4.69) is 24.9 Å². The molecule has 1 N–H and O–H groups in total. The van der Waals surface area contributed by atoms with Crippen molar-refractivity contribution in [2.75, 3.05) is 13.3 Å². The van der Waals surface area contributed by atoms with Crippen molar-refractivity contribution in [2.45, 2.75) is 77.7 Å². The molecular formula is C23H32N7O7P. The van der Waals surface area contributed by atoms with Gasteiger partial charge in [-0.2, -0.15) is 4.98 Å². The number of H-pyrrole nitrogens is 1. The van der Waals surface area contributed by atoms with Gasteiger partial charge in [-0.25, -0.2) is 19.7 Å². The van der Waals surface area contributed by atoms with Crippen molar-refractivity contribution in [3.05, 3.63) is 45.1 Å². The molecule has 7 atom stereocenters. The topological polar surface area (TPSA) is 165 Å². The lowest BCUT2D eigenvalue weighted by Gasteiger charge is -2.24. The van der Waals surface area contributed by atoms with Crippen molar-refractivity contribution < 1.29 is 23.1 Å². The lowest BCUT2D eigenvalue weighted by atomic mass is 10.0. The number of hydrogen-bond donors (Lipinski definition) is 1. The Kier molecular flexibility index (Phi) is 7.35. The molecule has 2 saturated heterocycles. The number of ether oxygens (including phenoxy) is 2. The van der Waals surface area contributed by atoms with Crippen LogP contribution in [-0.2, 0) is 23.1 Å². The van der Waals surface area contributed by atoms with Crippen LogP contribution in [0.1, 0.15) is 57.2 Å². The largest absolute Gasteiger partial charge is 0.352 e. The van der Waals surface area contributed by atoms with Gasteiger partial charge in [0, 0.05) is 13.1 Å². The molecule has 0 radical (unpaired) electrons. The Balaban J connectivity index is 1.22. The van der Waals surface area contributed by atoms with E-state index in [0.717, 1.165) is 0 Å². The maximum absolute atomic E-state index is 13.3. The molecule has 38 heavy (non-hydrogen) atoms. The van der Waals surface area contributed by atoms with Crippen LogP contribution in [0, 0.1) is 19.8 Å². The van der Waals surface area contributed by atoms with E-state index in [1.165, 1.54) is 17.6 Å². The molecule has 0 saturated carbocycles. The zero-order valence-corrected chi connectivity index (χ0v) is 22.8. The van der Waals surface area contributed by atoms with E-state index in [1.807, 2.05) is 13.8 Å². The molecule has 3 aromatic heterocycles. The van der Waals surface area contributed by atoms with Gasteiger partial charge >= 0.3 is 13.3 Å². The normalized spacial score (nSPS) is 29.2. The Labute approximate surface area is 218 Å². The van der Waals surface area contributed by atoms with Crippen LogP contribution in [0.25, 0.3) is 11.2 Å². The molecule has 0 bridgehead atoms. The summed E-state index contributed by atoms with van der Waals surface area (Å²) in [6.45, 7) is 8.78. The smallest absolute Gasteiger partial charge is 0.352 e. The fraction of sp³-hybridized carbons (Fsp3) is 0.652. The van der Waals surface area contributed by atoms with Crippen LogP contribution in [0.4, 0.5) is 0 Å². The average molecular weight is 550 g/mol. The van der Waals surface area contributed by atoms with Crippen LogP contribution in [0.3, 0.4) is 0 Å². The molecule has 15 heteroatoms. The van der Waals surface area contributed by atoms with Gasteiger partial charge in [0.15, 0.2) is 11.2 Å². The molecule has 0 aromatic carbocycles. The molecule has 2 aliphatic rings. The van der Waals surface area contributed by atoms with Gasteiger partial charge in [0.2, 0.25) is 0 Å². The Morgan fingerprint density at radius 2 is 1.79 bits per heavy atom. The first kappa shape index (κ1) is 26.8. The van der Waals surface area contributed by atoms with Crippen molar-refractivity contribution in [1.29, 1.82) is 0 Å². The predicted molar refractivity (Wildman–Crippen MR) is 135 cm³/mol. The molecule has 2 aliphatic heterocycles. The quantitative estimate of drug-likeness (QED) is 0.410. The summed E-state index contributed by atoms with van der Waals surface area (Å²) in [4.78, 5) is 43.6. The molecule has 0 aliphatic carbocycles. The van der Waals surface area contributed by atoms with Gasteiger partial charge in [-0.1, -0.05) is 13.8 Å². The molecule has 2 fully saturated rings. The number of imidazole rings is 1. The summed E-state index contributed by atoms with van der Waals surface area (Å²) in [5, 5.41) is 0. The summed E-state index contributed by atoms with van der Waals surface area (Å²) in [6.07, 6.45) is 2.24. The molecule has 14 nitrogen and oxygen atoms in total. The lowest BCUT2D eigenvalue weighted by Crippen LogP contribution is -2.28. The summed E-state index contributed by atoms with van der Waals surface area (Å²) in [5.74, 6) is 0.946. The summed E-state index contributed by atoms with van der Waals surface area (Å²) >= 11 is 0. The molecule has 1 unspecified atom stereocenters.